The number of halogens is 1. The number of carbonyl (C=O) groups is 1. The summed E-state index contributed by atoms with van der Waals surface area (Å²) in [5.41, 5.74) is 6.28. The maximum atomic E-state index is 13.8. The minimum absolute atomic E-state index is 0.0484. The summed E-state index contributed by atoms with van der Waals surface area (Å²) in [4.78, 5) is 18.4. The summed E-state index contributed by atoms with van der Waals surface area (Å²) in [6.07, 6.45) is 5.18. The van der Waals surface area contributed by atoms with Crippen LogP contribution < -0.4 is 4.74 Å². The minimum Gasteiger partial charge on any atom is -0.492 e. The molecule has 2 aromatic rings. The van der Waals surface area contributed by atoms with Crippen molar-refractivity contribution in [3.8, 4) is 5.75 Å². The van der Waals surface area contributed by atoms with E-state index in [1.54, 1.807) is 0 Å². The van der Waals surface area contributed by atoms with E-state index in [-0.39, 0.29) is 11.8 Å². The highest BCUT2D eigenvalue weighted by Gasteiger charge is 2.30. The second-order valence-corrected chi connectivity index (χ2v) is 11.4. The highest BCUT2D eigenvalue weighted by atomic mass is 35.5. The van der Waals surface area contributed by atoms with Crippen molar-refractivity contribution in [3.05, 3.63) is 63.2 Å². The number of likely N-dealkylation sites (tertiary alicyclic amines) is 1. The number of piperidine rings is 1. The average molecular weight is 497 g/mol. The molecule has 1 amide bonds. The Morgan fingerprint density at radius 3 is 2.80 bits per heavy atom. The van der Waals surface area contributed by atoms with Crippen LogP contribution >= 0.6 is 11.6 Å². The van der Waals surface area contributed by atoms with Crippen LogP contribution in [0.2, 0.25) is 5.02 Å². The van der Waals surface area contributed by atoms with Gasteiger partial charge in [0.05, 0.1) is 17.5 Å². The lowest BCUT2D eigenvalue weighted by Crippen LogP contribution is -2.45. The van der Waals surface area contributed by atoms with Gasteiger partial charge in [0.2, 0.25) is 5.91 Å². The SMILES string of the molecule is Cc1ccc(C)c(CN2CCC[C@@H](C(=O)N(Cc3cc(Cl)c4c(c3)CCCCO4)CC(C)C)C2)c1. The van der Waals surface area contributed by atoms with E-state index in [2.05, 4.69) is 61.8 Å². The van der Waals surface area contributed by atoms with Crippen LogP contribution in [0.5, 0.6) is 5.75 Å². The molecule has 0 saturated carbocycles. The smallest absolute Gasteiger partial charge is 0.227 e. The standard InChI is InChI=1S/C30H41ClN2O2/c1-21(2)17-33(18-24-15-25-8-5-6-13-35-29(25)28(31)16-24)30(34)26-9-7-12-32(19-26)20-27-14-22(3)10-11-23(27)4/h10-11,14-16,21,26H,5-9,12-13,17-20H2,1-4H3/t26-/m1/s1. The quantitative estimate of drug-likeness (QED) is 0.434. The molecular formula is C30H41ClN2O2. The number of hydrogen-bond donors (Lipinski definition) is 0. The summed E-state index contributed by atoms with van der Waals surface area (Å²) in [5.74, 6) is 1.58. The van der Waals surface area contributed by atoms with Gasteiger partial charge in [0, 0.05) is 26.2 Å². The second kappa shape index (κ2) is 11.8. The highest BCUT2D eigenvalue weighted by Crippen LogP contribution is 2.34. The van der Waals surface area contributed by atoms with Gasteiger partial charge in [-0.15, -0.1) is 0 Å². The van der Waals surface area contributed by atoms with Crippen molar-refractivity contribution in [1.82, 2.24) is 9.80 Å². The number of rotatable bonds is 7. The van der Waals surface area contributed by atoms with Gasteiger partial charge < -0.3 is 9.64 Å². The fourth-order valence-electron chi connectivity index (χ4n) is 5.51. The van der Waals surface area contributed by atoms with Crippen LogP contribution in [0.4, 0.5) is 0 Å². The monoisotopic (exact) mass is 496 g/mol. The van der Waals surface area contributed by atoms with Gasteiger partial charge in [-0.2, -0.15) is 0 Å². The molecule has 35 heavy (non-hydrogen) atoms. The van der Waals surface area contributed by atoms with Gasteiger partial charge >= 0.3 is 0 Å². The lowest BCUT2D eigenvalue weighted by Gasteiger charge is -2.36. The van der Waals surface area contributed by atoms with Crippen molar-refractivity contribution in [1.29, 1.82) is 0 Å². The Hall–Kier alpha value is -2.04. The Kier molecular flexibility index (Phi) is 8.77. The first-order chi connectivity index (χ1) is 16.8. The van der Waals surface area contributed by atoms with Gasteiger partial charge in [-0.1, -0.05) is 55.3 Å². The first-order valence-electron chi connectivity index (χ1n) is 13.3. The zero-order chi connectivity index (χ0) is 24.9. The Morgan fingerprint density at radius 1 is 1.17 bits per heavy atom. The van der Waals surface area contributed by atoms with E-state index in [1.165, 1.54) is 22.3 Å². The average Bonchev–Trinajstić information content (AvgIpc) is 3.06. The van der Waals surface area contributed by atoms with Crippen LogP contribution in [0.3, 0.4) is 0 Å². The largest absolute Gasteiger partial charge is 0.492 e. The molecule has 2 aliphatic rings. The molecule has 0 N–H and O–H groups in total. The third kappa shape index (κ3) is 6.80. The molecule has 0 aliphatic carbocycles. The van der Waals surface area contributed by atoms with Crippen molar-refractivity contribution >= 4 is 17.5 Å². The number of benzene rings is 2. The van der Waals surface area contributed by atoms with Crippen LogP contribution in [0.1, 0.15) is 67.3 Å². The molecule has 1 saturated heterocycles. The Morgan fingerprint density at radius 2 is 2.00 bits per heavy atom. The molecule has 0 aromatic heterocycles. The van der Waals surface area contributed by atoms with Crippen molar-refractivity contribution in [3.63, 3.8) is 0 Å². The predicted octanol–water partition coefficient (Wildman–Crippen LogP) is 6.57. The molecule has 0 spiro atoms. The summed E-state index contributed by atoms with van der Waals surface area (Å²) in [6.45, 7) is 13.6. The third-order valence-electron chi connectivity index (χ3n) is 7.29. The molecule has 190 valence electrons. The second-order valence-electron chi connectivity index (χ2n) is 11.0. The summed E-state index contributed by atoms with van der Waals surface area (Å²) in [5, 5.41) is 0.675. The summed E-state index contributed by atoms with van der Waals surface area (Å²) < 4.78 is 5.90. The summed E-state index contributed by atoms with van der Waals surface area (Å²) in [7, 11) is 0. The number of hydrogen-bond acceptors (Lipinski definition) is 3. The minimum atomic E-state index is 0.0484. The van der Waals surface area contributed by atoms with E-state index >= 15 is 0 Å². The van der Waals surface area contributed by atoms with Crippen LogP contribution in [0.25, 0.3) is 0 Å². The number of ether oxygens (including phenoxy) is 1. The maximum absolute atomic E-state index is 13.8. The van der Waals surface area contributed by atoms with E-state index in [0.717, 1.165) is 76.2 Å². The number of carbonyl (C=O) groups excluding carboxylic acids is 1. The molecule has 4 rings (SSSR count). The van der Waals surface area contributed by atoms with Crippen molar-refractivity contribution in [2.45, 2.75) is 72.9 Å². The summed E-state index contributed by atoms with van der Waals surface area (Å²) in [6, 6.07) is 10.9. The van der Waals surface area contributed by atoms with Crippen molar-refractivity contribution in [2.24, 2.45) is 11.8 Å². The molecule has 0 unspecified atom stereocenters. The molecule has 2 aliphatic heterocycles. The Balaban J connectivity index is 1.48. The van der Waals surface area contributed by atoms with E-state index in [9.17, 15) is 4.79 Å². The molecule has 0 radical (unpaired) electrons. The molecular weight excluding hydrogens is 456 g/mol. The zero-order valence-corrected chi connectivity index (χ0v) is 22.7. The highest BCUT2D eigenvalue weighted by molar-refractivity contribution is 6.32. The fraction of sp³-hybridized carbons (Fsp3) is 0.567. The van der Waals surface area contributed by atoms with Gasteiger partial charge in [0.1, 0.15) is 5.75 Å². The molecule has 1 fully saturated rings. The first-order valence-corrected chi connectivity index (χ1v) is 13.7. The lowest BCUT2D eigenvalue weighted by molar-refractivity contribution is -0.138. The third-order valence-corrected chi connectivity index (χ3v) is 7.57. The van der Waals surface area contributed by atoms with Crippen molar-refractivity contribution in [2.75, 3.05) is 26.2 Å². The molecule has 1 atom stereocenters. The van der Waals surface area contributed by atoms with Gasteiger partial charge in [-0.25, -0.2) is 0 Å². The van der Waals surface area contributed by atoms with E-state index in [4.69, 9.17) is 16.3 Å². The molecule has 5 heteroatoms. The van der Waals surface area contributed by atoms with Gasteiger partial charge in [-0.05, 0) is 86.7 Å². The van der Waals surface area contributed by atoms with Crippen LogP contribution in [-0.2, 0) is 24.3 Å². The number of amides is 1. The molecule has 4 nitrogen and oxygen atoms in total. The predicted molar refractivity (Wildman–Crippen MR) is 144 cm³/mol. The van der Waals surface area contributed by atoms with E-state index < -0.39 is 0 Å². The fourth-order valence-corrected chi connectivity index (χ4v) is 5.82. The Labute approximate surface area is 216 Å². The van der Waals surface area contributed by atoms with Crippen LogP contribution in [0, 0.1) is 25.7 Å². The van der Waals surface area contributed by atoms with Gasteiger partial charge in [0.25, 0.3) is 0 Å². The molecule has 0 bridgehead atoms. The first kappa shape index (κ1) is 26.0. The normalized spacial score (nSPS) is 18.6. The topological polar surface area (TPSA) is 32.8 Å². The molecule has 2 heterocycles. The van der Waals surface area contributed by atoms with Crippen molar-refractivity contribution < 1.29 is 9.53 Å². The number of aryl methyl sites for hydroxylation is 3. The number of fused-ring (bicyclic) bond motifs is 1. The van der Waals surface area contributed by atoms with E-state index in [0.29, 0.717) is 17.5 Å². The van der Waals surface area contributed by atoms with Crippen LogP contribution in [0.15, 0.2) is 30.3 Å². The Bertz CT molecular complexity index is 1040. The maximum Gasteiger partial charge on any atom is 0.227 e. The van der Waals surface area contributed by atoms with E-state index in [1.807, 2.05) is 6.07 Å². The van der Waals surface area contributed by atoms with Crippen LogP contribution in [-0.4, -0.2) is 41.9 Å². The zero-order valence-electron chi connectivity index (χ0n) is 21.9. The number of nitrogens with zero attached hydrogens (tertiary/aromatic N) is 2. The van der Waals surface area contributed by atoms with Gasteiger partial charge in [0.15, 0.2) is 0 Å². The summed E-state index contributed by atoms with van der Waals surface area (Å²) >= 11 is 6.62. The lowest BCUT2D eigenvalue weighted by atomic mass is 9.94. The molecule has 2 aromatic carbocycles. The van der Waals surface area contributed by atoms with Gasteiger partial charge in [-0.3, -0.25) is 9.69 Å².